The maximum atomic E-state index is 10.6. The quantitative estimate of drug-likeness (QED) is 0.880. The first-order chi connectivity index (χ1) is 8.58. The summed E-state index contributed by atoms with van der Waals surface area (Å²) in [5.41, 5.74) is 7.61. The molecule has 0 saturated carbocycles. The maximum absolute atomic E-state index is 10.6. The second-order valence-corrected chi connectivity index (χ2v) is 4.95. The zero-order valence-corrected chi connectivity index (χ0v) is 10.7. The summed E-state index contributed by atoms with van der Waals surface area (Å²) in [5, 5.41) is 9.35. The predicted octanol–water partition coefficient (Wildman–Crippen LogP) is 2.32. The minimum atomic E-state index is -0.910. The van der Waals surface area contributed by atoms with Gasteiger partial charge in [0.05, 0.1) is 13.0 Å². The second-order valence-electron chi connectivity index (χ2n) is 4.55. The first-order valence-electron chi connectivity index (χ1n) is 5.92. The number of nitrogens with two attached hydrogens (primary N) is 1. The summed E-state index contributed by atoms with van der Waals surface area (Å²) in [6, 6.07) is 5.03. The summed E-state index contributed by atoms with van der Waals surface area (Å²) >= 11 is 6.23. The fraction of sp³-hybridized carbons (Fsp3) is 0.462. The lowest BCUT2D eigenvalue weighted by Crippen LogP contribution is -2.15. The molecule has 98 valence electrons. The van der Waals surface area contributed by atoms with Crippen molar-refractivity contribution < 1.29 is 14.6 Å². The average Bonchev–Trinajstić information content (AvgIpc) is 2.81. The first-order valence-corrected chi connectivity index (χ1v) is 6.30. The highest BCUT2D eigenvalue weighted by molar-refractivity contribution is 6.31. The Kier molecular flexibility index (Phi) is 4.22. The highest BCUT2D eigenvalue weighted by atomic mass is 35.5. The topological polar surface area (TPSA) is 72.6 Å². The number of carboxylic acid groups (broad SMARTS) is 1. The van der Waals surface area contributed by atoms with Gasteiger partial charge in [-0.05, 0) is 23.6 Å². The molecular weight excluding hydrogens is 254 g/mol. The van der Waals surface area contributed by atoms with E-state index in [-0.39, 0.29) is 6.42 Å². The van der Waals surface area contributed by atoms with Crippen molar-refractivity contribution in [3.8, 4) is 0 Å². The van der Waals surface area contributed by atoms with Crippen molar-refractivity contribution in [1.29, 1.82) is 0 Å². The lowest BCUT2D eigenvalue weighted by atomic mass is 9.95. The molecule has 0 bridgehead atoms. The Labute approximate surface area is 111 Å². The highest BCUT2D eigenvalue weighted by Crippen LogP contribution is 2.32. The first kappa shape index (κ1) is 13.3. The Morgan fingerprint density at radius 1 is 1.61 bits per heavy atom. The van der Waals surface area contributed by atoms with Gasteiger partial charge in [0.1, 0.15) is 0 Å². The van der Waals surface area contributed by atoms with Crippen LogP contribution in [0.2, 0.25) is 5.02 Å². The lowest BCUT2D eigenvalue weighted by molar-refractivity contribution is -0.137. The van der Waals surface area contributed by atoms with E-state index in [4.69, 9.17) is 27.2 Å². The molecular formula is C13H16ClNO3. The fourth-order valence-electron chi connectivity index (χ4n) is 2.19. The largest absolute Gasteiger partial charge is 0.481 e. The van der Waals surface area contributed by atoms with E-state index in [1.165, 1.54) is 0 Å². The van der Waals surface area contributed by atoms with Crippen LogP contribution in [-0.2, 0) is 9.53 Å². The third-order valence-corrected chi connectivity index (χ3v) is 3.54. The van der Waals surface area contributed by atoms with Crippen LogP contribution in [-0.4, -0.2) is 24.3 Å². The van der Waals surface area contributed by atoms with Gasteiger partial charge in [0.2, 0.25) is 0 Å². The van der Waals surface area contributed by atoms with Crippen molar-refractivity contribution in [3.63, 3.8) is 0 Å². The van der Waals surface area contributed by atoms with Gasteiger partial charge in [-0.2, -0.15) is 0 Å². The molecule has 0 aromatic heterocycles. The molecule has 2 rings (SSSR count). The van der Waals surface area contributed by atoms with Crippen LogP contribution in [0.5, 0.6) is 0 Å². The molecule has 1 aliphatic rings. The number of carboxylic acids is 1. The van der Waals surface area contributed by atoms with E-state index in [9.17, 15) is 4.79 Å². The molecule has 0 amide bonds. The molecule has 1 heterocycles. The average molecular weight is 270 g/mol. The van der Waals surface area contributed by atoms with Gasteiger partial charge in [-0.25, -0.2) is 0 Å². The molecule has 1 fully saturated rings. The Balaban J connectivity index is 2.16. The van der Waals surface area contributed by atoms with E-state index in [0.717, 1.165) is 24.2 Å². The van der Waals surface area contributed by atoms with Crippen LogP contribution in [0, 0.1) is 0 Å². The van der Waals surface area contributed by atoms with Crippen molar-refractivity contribution in [2.45, 2.75) is 24.8 Å². The molecule has 1 saturated heterocycles. The predicted molar refractivity (Wildman–Crippen MR) is 68.8 cm³/mol. The van der Waals surface area contributed by atoms with Crippen molar-refractivity contribution in [3.05, 3.63) is 34.3 Å². The summed E-state index contributed by atoms with van der Waals surface area (Å²) in [6.45, 7) is 1.46. The fourth-order valence-corrected chi connectivity index (χ4v) is 2.53. The molecule has 0 aliphatic carbocycles. The van der Waals surface area contributed by atoms with Gasteiger partial charge in [-0.3, -0.25) is 4.79 Å². The van der Waals surface area contributed by atoms with Crippen LogP contribution in [0.1, 0.15) is 35.9 Å². The number of rotatable bonds is 4. The Bertz CT molecular complexity index is 444. The van der Waals surface area contributed by atoms with Gasteiger partial charge in [-0.1, -0.05) is 23.7 Å². The molecule has 2 unspecified atom stereocenters. The van der Waals surface area contributed by atoms with E-state index in [2.05, 4.69) is 0 Å². The molecule has 2 atom stereocenters. The minimum Gasteiger partial charge on any atom is -0.481 e. The van der Waals surface area contributed by atoms with Crippen LogP contribution in [0.15, 0.2) is 18.2 Å². The summed E-state index contributed by atoms with van der Waals surface area (Å²) in [5.74, 6) is -0.575. The normalized spacial score (nSPS) is 20.9. The number of halogens is 1. The van der Waals surface area contributed by atoms with E-state index in [0.29, 0.717) is 17.5 Å². The third-order valence-electron chi connectivity index (χ3n) is 3.22. The van der Waals surface area contributed by atoms with Gasteiger partial charge >= 0.3 is 5.97 Å². The second kappa shape index (κ2) is 5.69. The van der Waals surface area contributed by atoms with Crippen LogP contribution in [0.25, 0.3) is 0 Å². The summed E-state index contributed by atoms with van der Waals surface area (Å²) in [7, 11) is 0. The minimum absolute atomic E-state index is 0.0950. The van der Waals surface area contributed by atoms with Crippen molar-refractivity contribution >= 4 is 17.6 Å². The van der Waals surface area contributed by atoms with Gasteiger partial charge in [0.25, 0.3) is 0 Å². The van der Waals surface area contributed by atoms with Crippen molar-refractivity contribution in [2.75, 3.05) is 13.2 Å². The molecule has 0 spiro atoms. The Morgan fingerprint density at radius 2 is 2.39 bits per heavy atom. The van der Waals surface area contributed by atoms with Crippen LogP contribution in [0.4, 0.5) is 0 Å². The monoisotopic (exact) mass is 269 g/mol. The number of aliphatic carboxylic acids is 1. The van der Waals surface area contributed by atoms with E-state index >= 15 is 0 Å². The molecule has 3 N–H and O–H groups in total. The lowest BCUT2D eigenvalue weighted by Gasteiger charge is -2.14. The van der Waals surface area contributed by atoms with Crippen molar-refractivity contribution in [1.82, 2.24) is 0 Å². The van der Waals surface area contributed by atoms with Gasteiger partial charge < -0.3 is 15.6 Å². The molecule has 18 heavy (non-hydrogen) atoms. The number of benzene rings is 1. The highest BCUT2D eigenvalue weighted by Gasteiger charge is 2.21. The SMILES string of the molecule is NC(CC(=O)O)c1ccc(C2CCOC2)c(Cl)c1. The van der Waals surface area contributed by atoms with Crippen LogP contribution < -0.4 is 5.73 Å². The number of hydrogen-bond donors (Lipinski definition) is 2. The molecule has 0 radical (unpaired) electrons. The van der Waals surface area contributed by atoms with Gasteiger partial charge in [0.15, 0.2) is 0 Å². The maximum Gasteiger partial charge on any atom is 0.305 e. The number of carbonyl (C=O) groups is 1. The van der Waals surface area contributed by atoms with Gasteiger partial charge in [0, 0.05) is 23.6 Å². The zero-order valence-electron chi connectivity index (χ0n) is 9.93. The smallest absolute Gasteiger partial charge is 0.305 e. The molecule has 1 aliphatic heterocycles. The number of ether oxygens (including phenoxy) is 1. The Morgan fingerprint density at radius 3 is 2.94 bits per heavy atom. The van der Waals surface area contributed by atoms with Gasteiger partial charge in [-0.15, -0.1) is 0 Å². The summed E-state index contributed by atoms with van der Waals surface area (Å²) < 4.78 is 5.34. The van der Waals surface area contributed by atoms with E-state index in [1.807, 2.05) is 12.1 Å². The molecule has 1 aromatic rings. The summed E-state index contributed by atoms with van der Waals surface area (Å²) in [4.78, 5) is 10.6. The third kappa shape index (κ3) is 3.02. The number of hydrogen-bond acceptors (Lipinski definition) is 3. The molecule has 4 nitrogen and oxygen atoms in total. The molecule has 1 aromatic carbocycles. The molecule has 5 heteroatoms. The van der Waals surface area contributed by atoms with Crippen LogP contribution >= 0.6 is 11.6 Å². The van der Waals surface area contributed by atoms with E-state index < -0.39 is 12.0 Å². The zero-order chi connectivity index (χ0) is 13.1. The van der Waals surface area contributed by atoms with Crippen molar-refractivity contribution in [2.24, 2.45) is 5.73 Å². The standard InChI is InChI=1S/C13H16ClNO3/c14-11-5-8(12(15)6-13(16)17)1-2-10(11)9-3-4-18-7-9/h1-2,5,9,12H,3-4,6-7,15H2,(H,16,17). The summed E-state index contributed by atoms with van der Waals surface area (Å²) in [6.07, 6.45) is 0.877. The van der Waals surface area contributed by atoms with Crippen LogP contribution in [0.3, 0.4) is 0 Å². The van der Waals surface area contributed by atoms with E-state index in [1.54, 1.807) is 6.07 Å². The Hall–Kier alpha value is -1.10.